The molecule has 9 heteroatoms. The van der Waals surface area contributed by atoms with Crippen molar-refractivity contribution < 1.29 is 12.8 Å². The highest BCUT2D eigenvalue weighted by Crippen LogP contribution is 2.17. The molecule has 0 radical (unpaired) electrons. The van der Waals surface area contributed by atoms with Gasteiger partial charge in [0.1, 0.15) is 5.82 Å². The first-order valence-electron chi connectivity index (χ1n) is 8.33. The van der Waals surface area contributed by atoms with Crippen LogP contribution in [0.4, 0.5) is 4.39 Å². The summed E-state index contributed by atoms with van der Waals surface area (Å²) in [5, 5.41) is 6.64. The fourth-order valence-electron chi connectivity index (χ4n) is 2.56. The minimum atomic E-state index is -3.90. The third-order valence-electron chi connectivity index (χ3n) is 3.88. The molecule has 0 fully saturated rings. The van der Waals surface area contributed by atoms with E-state index in [9.17, 15) is 12.8 Å². The molecule has 3 rings (SSSR count). The van der Waals surface area contributed by atoms with E-state index in [0.717, 1.165) is 23.4 Å². The van der Waals surface area contributed by atoms with E-state index in [1.54, 1.807) is 19.1 Å². The highest BCUT2D eigenvalue weighted by atomic mass is 35.5. The van der Waals surface area contributed by atoms with Crippen molar-refractivity contribution in [2.45, 2.75) is 18.2 Å². The van der Waals surface area contributed by atoms with Crippen LogP contribution in [0.3, 0.4) is 0 Å². The molecule has 1 N–H and O–H groups in total. The number of hydrogen-bond donors (Lipinski definition) is 1. The van der Waals surface area contributed by atoms with E-state index in [4.69, 9.17) is 11.6 Å². The van der Waals surface area contributed by atoms with Gasteiger partial charge in [-0.2, -0.15) is 5.10 Å². The second-order valence-corrected chi connectivity index (χ2v) is 7.90. The van der Waals surface area contributed by atoms with Gasteiger partial charge in [-0.05, 0) is 48.9 Å². The molecule has 0 amide bonds. The molecular weight excluding hydrogens is 391 g/mol. The lowest BCUT2D eigenvalue weighted by atomic mass is 10.1. The van der Waals surface area contributed by atoms with Crippen LogP contribution < -0.4 is 4.72 Å². The fraction of sp³-hybridized carbons (Fsp3) is 0.222. The number of hydrogen-bond acceptors (Lipinski definition) is 4. The van der Waals surface area contributed by atoms with Crippen molar-refractivity contribution >= 4 is 33.3 Å². The van der Waals surface area contributed by atoms with Crippen LogP contribution in [0.5, 0.6) is 0 Å². The minimum Gasteiger partial charge on any atom is -0.251 e. The minimum absolute atomic E-state index is 0.0474. The zero-order valence-electron chi connectivity index (χ0n) is 14.6. The Hall–Kier alpha value is -2.45. The molecule has 2 aromatic carbocycles. The smallest absolute Gasteiger partial charge is 0.251 e. The van der Waals surface area contributed by atoms with E-state index in [-0.39, 0.29) is 10.9 Å². The molecule has 0 aromatic heterocycles. The van der Waals surface area contributed by atoms with Gasteiger partial charge in [-0.1, -0.05) is 23.7 Å². The van der Waals surface area contributed by atoms with Crippen molar-refractivity contribution in [1.29, 1.82) is 0 Å². The van der Waals surface area contributed by atoms with Crippen LogP contribution in [0.15, 0.2) is 63.5 Å². The topological polar surface area (TPSA) is 74.1 Å². The quantitative estimate of drug-likeness (QED) is 0.623. The Morgan fingerprint density at radius 3 is 2.52 bits per heavy atom. The number of aliphatic imine (C=N–C) groups is 1. The number of hydrazone groups is 1. The van der Waals surface area contributed by atoms with Crippen molar-refractivity contribution in [1.82, 2.24) is 9.73 Å². The molecule has 0 unspecified atom stereocenters. The summed E-state index contributed by atoms with van der Waals surface area (Å²) >= 11 is 5.91. The number of rotatable bonds is 4. The van der Waals surface area contributed by atoms with Crippen molar-refractivity contribution in [2.24, 2.45) is 10.1 Å². The molecular formula is C18H18ClFN4O2S. The Kier molecular flexibility index (Phi) is 5.76. The summed E-state index contributed by atoms with van der Waals surface area (Å²) in [5.41, 5.74) is 1.73. The van der Waals surface area contributed by atoms with Crippen LogP contribution in [-0.2, 0) is 10.0 Å². The molecule has 2 aromatic rings. The Labute approximate surface area is 162 Å². The average Bonchev–Trinajstić information content (AvgIpc) is 3.12. The summed E-state index contributed by atoms with van der Waals surface area (Å²) < 4.78 is 40.7. The van der Waals surface area contributed by atoms with E-state index >= 15 is 0 Å². The lowest BCUT2D eigenvalue weighted by Crippen LogP contribution is -2.40. The van der Waals surface area contributed by atoms with Gasteiger partial charge in [-0.25, -0.2) is 22.5 Å². The van der Waals surface area contributed by atoms with Gasteiger partial charge in [0.05, 0.1) is 17.2 Å². The summed E-state index contributed by atoms with van der Waals surface area (Å²) in [6.45, 7) is 2.67. The van der Waals surface area contributed by atoms with Crippen molar-refractivity contribution in [3.63, 3.8) is 0 Å². The summed E-state index contributed by atoms with van der Waals surface area (Å²) in [7, 11) is -3.90. The predicted octanol–water partition coefficient (Wildman–Crippen LogP) is 3.24. The van der Waals surface area contributed by atoms with Gasteiger partial charge < -0.3 is 0 Å². The average molecular weight is 409 g/mol. The first-order valence-corrected chi connectivity index (χ1v) is 10.2. The van der Waals surface area contributed by atoms with Gasteiger partial charge in [-0.15, -0.1) is 0 Å². The van der Waals surface area contributed by atoms with Gasteiger partial charge in [0.25, 0.3) is 10.0 Å². The molecule has 0 spiro atoms. The summed E-state index contributed by atoms with van der Waals surface area (Å²) in [6, 6.07) is 11.9. The van der Waals surface area contributed by atoms with Crippen LogP contribution in [0, 0.1) is 5.82 Å². The summed E-state index contributed by atoms with van der Waals surface area (Å²) in [4.78, 5) is 4.18. The van der Waals surface area contributed by atoms with E-state index < -0.39 is 15.8 Å². The van der Waals surface area contributed by atoms with Crippen molar-refractivity contribution in [3.8, 4) is 0 Å². The van der Waals surface area contributed by atoms with Gasteiger partial charge in [-0.3, -0.25) is 4.99 Å². The number of benzene rings is 2. The van der Waals surface area contributed by atoms with Crippen LogP contribution >= 0.6 is 11.6 Å². The molecule has 27 heavy (non-hydrogen) atoms. The molecule has 1 aliphatic rings. The molecule has 0 saturated carbocycles. The van der Waals surface area contributed by atoms with Gasteiger partial charge in [0.2, 0.25) is 5.96 Å². The van der Waals surface area contributed by atoms with Gasteiger partial charge in [0, 0.05) is 18.0 Å². The van der Waals surface area contributed by atoms with Crippen molar-refractivity contribution in [2.75, 3.05) is 13.1 Å². The van der Waals surface area contributed by atoms with E-state index in [2.05, 4.69) is 14.8 Å². The summed E-state index contributed by atoms with van der Waals surface area (Å²) in [6.07, 6.45) is 0.642. The second-order valence-electron chi connectivity index (χ2n) is 5.78. The lowest BCUT2D eigenvalue weighted by molar-refractivity contribution is 0.475. The Morgan fingerprint density at radius 2 is 1.89 bits per heavy atom. The molecule has 1 aliphatic heterocycles. The maximum Gasteiger partial charge on any atom is 0.264 e. The SMILES string of the molecule is CCN=C(NS(=O)(=O)c1ccc(F)cc1)N1CCC(c2ccc(Cl)cc2)=N1. The molecule has 0 bridgehead atoms. The van der Waals surface area contributed by atoms with E-state index in [1.165, 1.54) is 17.1 Å². The van der Waals surface area contributed by atoms with Crippen molar-refractivity contribution in [3.05, 3.63) is 64.9 Å². The standard InChI is InChI=1S/C18H18ClFN4O2S/c1-2-21-18(23-27(25,26)16-9-7-15(20)8-10-16)24-12-11-17(22-24)13-3-5-14(19)6-4-13/h3-10H,2,11-12H2,1H3,(H,21,23). The molecule has 0 atom stereocenters. The molecule has 0 aliphatic carbocycles. The number of guanidine groups is 1. The van der Waals surface area contributed by atoms with Crippen LogP contribution in [0.1, 0.15) is 18.9 Å². The molecule has 142 valence electrons. The first-order chi connectivity index (χ1) is 12.9. The van der Waals surface area contributed by atoms with Crippen LogP contribution in [0.25, 0.3) is 0 Å². The first kappa shape index (κ1) is 19.3. The number of sulfonamides is 1. The second kappa shape index (κ2) is 8.06. The van der Waals surface area contributed by atoms with E-state index in [1.807, 2.05) is 12.1 Å². The third-order valence-corrected chi connectivity index (χ3v) is 5.48. The Morgan fingerprint density at radius 1 is 1.22 bits per heavy atom. The molecule has 0 saturated heterocycles. The third kappa shape index (κ3) is 4.64. The van der Waals surface area contributed by atoms with Gasteiger partial charge in [0.15, 0.2) is 0 Å². The Bertz CT molecular complexity index is 973. The number of nitrogens with one attached hydrogen (secondary N) is 1. The maximum absolute atomic E-state index is 13.1. The molecule has 1 heterocycles. The van der Waals surface area contributed by atoms with Crippen LogP contribution in [-0.4, -0.2) is 38.2 Å². The molecule has 6 nitrogen and oxygen atoms in total. The van der Waals surface area contributed by atoms with Crippen LogP contribution in [0.2, 0.25) is 5.02 Å². The maximum atomic E-state index is 13.1. The van der Waals surface area contributed by atoms with Gasteiger partial charge >= 0.3 is 0 Å². The fourth-order valence-corrected chi connectivity index (χ4v) is 3.71. The Balaban J connectivity index is 1.83. The zero-order valence-corrected chi connectivity index (χ0v) is 16.1. The zero-order chi connectivity index (χ0) is 19.4. The largest absolute Gasteiger partial charge is 0.264 e. The lowest BCUT2D eigenvalue weighted by Gasteiger charge is -2.18. The highest BCUT2D eigenvalue weighted by Gasteiger charge is 2.24. The van der Waals surface area contributed by atoms with E-state index in [0.29, 0.717) is 24.5 Å². The monoisotopic (exact) mass is 408 g/mol. The number of halogens is 2. The normalized spacial score (nSPS) is 15.0. The number of nitrogens with zero attached hydrogens (tertiary/aromatic N) is 3. The highest BCUT2D eigenvalue weighted by molar-refractivity contribution is 7.90. The predicted molar refractivity (Wildman–Crippen MR) is 104 cm³/mol. The summed E-state index contributed by atoms with van der Waals surface area (Å²) in [5.74, 6) is -0.376.